The lowest BCUT2D eigenvalue weighted by atomic mass is 9.96. The molecule has 1 aromatic carbocycles. The first kappa shape index (κ1) is 16.9. The molecule has 26 heavy (non-hydrogen) atoms. The number of nitrogens with zero attached hydrogens (tertiary/aromatic N) is 3. The molecule has 4 rings (SSSR count). The summed E-state index contributed by atoms with van der Waals surface area (Å²) in [5, 5.41) is 11.3. The molecule has 1 aliphatic carbocycles. The average Bonchev–Trinajstić information content (AvgIpc) is 3.43. The van der Waals surface area contributed by atoms with Crippen LogP contribution >= 0.6 is 0 Å². The van der Waals surface area contributed by atoms with Crippen LogP contribution in [0.4, 0.5) is 6.01 Å². The Labute approximate surface area is 152 Å². The summed E-state index contributed by atoms with van der Waals surface area (Å²) in [5.41, 5.74) is 1.06. The summed E-state index contributed by atoms with van der Waals surface area (Å²) in [7, 11) is 1.64. The second kappa shape index (κ2) is 7.35. The van der Waals surface area contributed by atoms with E-state index in [1.165, 1.54) is 0 Å². The lowest BCUT2D eigenvalue weighted by molar-refractivity contribution is -0.125. The molecule has 0 unspecified atom stereocenters. The molecule has 2 fully saturated rings. The number of hydrogen-bond donors (Lipinski definition) is 1. The Morgan fingerprint density at radius 1 is 1.19 bits per heavy atom. The zero-order valence-corrected chi connectivity index (χ0v) is 15.0. The molecule has 2 heterocycles. The highest BCUT2D eigenvalue weighted by molar-refractivity contribution is 5.78. The number of nitrogens with one attached hydrogen (secondary N) is 1. The monoisotopic (exact) mass is 356 g/mol. The minimum absolute atomic E-state index is 0.0373. The van der Waals surface area contributed by atoms with Crippen LogP contribution in [0.25, 0.3) is 0 Å². The highest BCUT2D eigenvalue weighted by Gasteiger charge is 2.32. The molecule has 2 aliphatic rings. The van der Waals surface area contributed by atoms with Gasteiger partial charge in [0.15, 0.2) is 0 Å². The van der Waals surface area contributed by atoms with Gasteiger partial charge in [0.2, 0.25) is 11.8 Å². The SMILES string of the molecule is COc1ccc(CNC(=O)C2CCN(c3nnc(C4CC4)o3)CC2)cc1. The van der Waals surface area contributed by atoms with Crippen molar-refractivity contribution < 1.29 is 13.9 Å². The third-order valence-corrected chi connectivity index (χ3v) is 5.12. The fraction of sp³-hybridized carbons (Fsp3) is 0.526. The van der Waals surface area contributed by atoms with Crippen LogP contribution < -0.4 is 15.0 Å². The Kier molecular flexibility index (Phi) is 4.77. The molecule has 1 N–H and O–H groups in total. The van der Waals surface area contributed by atoms with Crippen molar-refractivity contribution in [3.8, 4) is 5.75 Å². The average molecular weight is 356 g/mol. The number of rotatable bonds is 6. The predicted molar refractivity (Wildman–Crippen MR) is 96.1 cm³/mol. The number of hydrogen-bond acceptors (Lipinski definition) is 6. The molecular formula is C19H24N4O3. The third kappa shape index (κ3) is 3.81. The summed E-state index contributed by atoms with van der Waals surface area (Å²) in [4.78, 5) is 14.5. The van der Waals surface area contributed by atoms with E-state index in [9.17, 15) is 4.79 Å². The van der Waals surface area contributed by atoms with E-state index in [2.05, 4.69) is 20.4 Å². The van der Waals surface area contributed by atoms with Crippen molar-refractivity contribution in [2.24, 2.45) is 5.92 Å². The van der Waals surface area contributed by atoms with Crippen LogP contribution in [0.2, 0.25) is 0 Å². The fourth-order valence-corrected chi connectivity index (χ4v) is 3.26. The van der Waals surface area contributed by atoms with Gasteiger partial charge < -0.3 is 19.4 Å². The molecular weight excluding hydrogens is 332 g/mol. The van der Waals surface area contributed by atoms with Gasteiger partial charge in [0.1, 0.15) is 5.75 Å². The zero-order valence-electron chi connectivity index (χ0n) is 15.0. The van der Waals surface area contributed by atoms with Gasteiger partial charge in [-0.25, -0.2) is 0 Å². The van der Waals surface area contributed by atoms with Crippen LogP contribution in [0, 0.1) is 5.92 Å². The Balaban J connectivity index is 1.24. The molecule has 1 saturated carbocycles. The van der Waals surface area contributed by atoms with Gasteiger partial charge >= 0.3 is 6.01 Å². The molecule has 7 heteroatoms. The van der Waals surface area contributed by atoms with E-state index >= 15 is 0 Å². The van der Waals surface area contributed by atoms with Crippen LogP contribution in [0.5, 0.6) is 5.75 Å². The first-order chi connectivity index (χ1) is 12.7. The maximum absolute atomic E-state index is 12.4. The maximum Gasteiger partial charge on any atom is 0.318 e. The fourth-order valence-electron chi connectivity index (χ4n) is 3.26. The van der Waals surface area contributed by atoms with Gasteiger partial charge in [0.05, 0.1) is 7.11 Å². The van der Waals surface area contributed by atoms with Gasteiger partial charge in [-0.05, 0) is 43.4 Å². The quantitative estimate of drug-likeness (QED) is 0.856. The van der Waals surface area contributed by atoms with Crippen LogP contribution in [-0.4, -0.2) is 36.3 Å². The van der Waals surface area contributed by atoms with Crippen LogP contribution in [0.15, 0.2) is 28.7 Å². The van der Waals surface area contributed by atoms with Crippen molar-refractivity contribution in [3.05, 3.63) is 35.7 Å². The molecule has 7 nitrogen and oxygen atoms in total. The lowest BCUT2D eigenvalue weighted by Gasteiger charge is -2.29. The molecule has 1 aromatic heterocycles. The Morgan fingerprint density at radius 3 is 2.58 bits per heavy atom. The first-order valence-corrected chi connectivity index (χ1v) is 9.22. The number of carbonyl (C=O) groups is 1. The summed E-state index contributed by atoms with van der Waals surface area (Å²) in [6.45, 7) is 2.08. The second-order valence-corrected chi connectivity index (χ2v) is 7.02. The summed E-state index contributed by atoms with van der Waals surface area (Å²) in [6.07, 6.45) is 3.90. The number of benzene rings is 1. The number of piperidine rings is 1. The summed E-state index contributed by atoms with van der Waals surface area (Å²) in [5.74, 6) is 2.20. The number of methoxy groups -OCH3 is 1. The van der Waals surface area contributed by atoms with Crippen molar-refractivity contribution in [2.75, 3.05) is 25.1 Å². The number of aromatic nitrogens is 2. The number of carbonyl (C=O) groups excluding carboxylic acids is 1. The van der Waals surface area contributed by atoms with Gasteiger partial charge in [-0.3, -0.25) is 4.79 Å². The van der Waals surface area contributed by atoms with Crippen molar-refractivity contribution >= 4 is 11.9 Å². The van der Waals surface area contributed by atoms with E-state index in [1.54, 1.807) is 7.11 Å². The maximum atomic E-state index is 12.4. The summed E-state index contributed by atoms with van der Waals surface area (Å²) < 4.78 is 10.9. The van der Waals surface area contributed by atoms with Crippen LogP contribution in [0.1, 0.15) is 43.1 Å². The first-order valence-electron chi connectivity index (χ1n) is 9.22. The second-order valence-electron chi connectivity index (χ2n) is 7.02. The Morgan fingerprint density at radius 2 is 1.92 bits per heavy atom. The highest BCUT2D eigenvalue weighted by atomic mass is 16.5. The number of amides is 1. The lowest BCUT2D eigenvalue weighted by Crippen LogP contribution is -2.40. The normalized spacial score (nSPS) is 18.0. The Hall–Kier alpha value is -2.57. The molecule has 2 aromatic rings. The van der Waals surface area contributed by atoms with Crippen molar-refractivity contribution in [1.29, 1.82) is 0 Å². The molecule has 0 spiro atoms. The highest BCUT2D eigenvalue weighted by Crippen LogP contribution is 2.40. The number of anilines is 1. The van der Waals surface area contributed by atoms with Gasteiger partial charge in [-0.15, -0.1) is 5.10 Å². The van der Waals surface area contributed by atoms with E-state index < -0.39 is 0 Å². The van der Waals surface area contributed by atoms with Gasteiger partial charge in [0, 0.05) is 31.5 Å². The number of ether oxygens (including phenoxy) is 1. The van der Waals surface area contributed by atoms with E-state index in [0.717, 1.165) is 56.0 Å². The minimum Gasteiger partial charge on any atom is -0.497 e. The predicted octanol–water partition coefficient (Wildman–Crippen LogP) is 2.49. The van der Waals surface area contributed by atoms with E-state index in [4.69, 9.17) is 9.15 Å². The van der Waals surface area contributed by atoms with Gasteiger partial charge in [-0.1, -0.05) is 17.2 Å². The van der Waals surface area contributed by atoms with E-state index in [1.807, 2.05) is 24.3 Å². The molecule has 1 aliphatic heterocycles. The topological polar surface area (TPSA) is 80.5 Å². The summed E-state index contributed by atoms with van der Waals surface area (Å²) >= 11 is 0. The van der Waals surface area contributed by atoms with Crippen molar-refractivity contribution in [1.82, 2.24) is 15.5 Å². The molecule has 0 atom stereocenters. The van der Waals surface area contributed by atoms with Crippen LogP contribution in [-0.2, 0) is 11.3 Å². The van der Waals surface area contributed by atoms with Crippen molar-refractivity contribution in [3.63, 3.8) is 0 Å². The van der Waals surface area contributed by atoms with Crippen LogP contribution in [0.3, 0.4) is 0 Å². The van der Waals surface area contributed by atoms with Crippen molar-refractivity contribution in [2.45, 2.75) is 38.1 Å². The largest absolute Gasteiger partial charge is 0.497 e. The molecule has 138 valence electrons. The third-order valence-electron chi connectivity index (χ3n) is 5.12. The molecule has 0 bridgehead atoms. The smallest absolute Gasteiger partial charge is 0.318 e. The Bertz CT molecular complexity index is 746. The van der Waals surface area contributed by atoms with Gasteiger partial charge in [-0.2, -0.15) is 0 Å². The zero-order chi connectivity index (χ0) is 17.9. The van der Waals surface area contributed by atoms with Gasteiger partial charge in [0.25, 0.3) is 0 Å². The minimum atomic E-state index is 0.0373. The molecule has 1 saturated heterocycles. The molecule has 0 radical (unpaired) electrons. The standard InChI is InChI=1S/C19H24N4O3/c1-25-16-6-2-13(3-7-16)12-20-17(24)14-8-10-23(11-9-14)19-22-21-18(26-19)15-4-5-15/h2-3,6-7,14-15H,4-5,8-12H2,1H3,(H,20,24). The molecule has 1 amide bonds. The summed E-state index contributed by atoms with van der Waals surface area (Å²) in [6, 6.07) is 8.34. The van der Waals surface area contributed by atoms with E-state index in [-0.39, 0.29) is 11.8 Å². The van der Waals surface area contributed by atoms with E-state index in [0.29, 0.717) is 18.5 Å².